The molecule has 2 aromatic carbocycles. The number of hydrogen-bond donors (Lipinski definition) is 2. The highest BCUT2D eigenvalue weighted by atomic mass is 32.2. The summed E-state index contributed by atoms with van der Waals surface area (Å²) in [7, 11) is 1.59. The lowest BCUT2D eigenvalue weighted by Gasteiger charge is -2.05. The lowest BCUT2D eigenvalue weighted by molar-refractivity contribution is -0.118. The Hall–Kier alpha value is -2.64. The molecule has 3 rings (SSSR count). The molecule has 0 aliphatic heterocycles. The van der Waals surface area contributed by atoms with Crippen LogP contribution in [0.15, 0.2) is 53.6 Å². The van der Waals surface area contributed by atoms with Gasteiger partial charge in [-0.2, -0.15) is 0 Å². The number of nitrogens with one attached hydrogen (secondary N) is 2. The van der Waals surface area contributed by atoms with Crippen LogP contribution in [0.4, 0.5) is 4.39 Å². The number of aromatic amines is 1. The van der Waals surface area contributed by atoms with Crippen molar-refractivity contribution >= 4 is 17.7 Å². The van der Waals surface area contributed by atoms with Crippen LogP contribution < -0.4 is 5.32 Å². The van der Waals surface area contributed by atoms with E-state index in [-0.39, 0.29) is 17.5 Å². The molecule has 0 radical (unpaired) electrons. The van der Waals surface area contributed by atoms with Crippen molar-refractivity contribution in [2.24, 2.45) is 0 Å². The number of amides is 1. The van der Waals surface area contributed by atoms with Crippen molar-refractivity contribution in [3.05, 3.63) is 59.9 Å². The van der Waals surface area contributed by atoms with Crippen molar-refractivity contribution in [3.63, 3.8) is 0 Å². The van der Waals surface area contributed by atoms with Crippen molar-refractivity contribution in [2.45, 2.75) is 11.9 Å². The maximum atomic E-state index is 13.2. The Bertz CT molecular complexity index is 924. The third kappa shape index (κ3) is 5.21. The molecule has 0 saturated carbocycles. The second-order valence-corrected chi connectivity index (χ2v) is 7.23. The summed E-state index contributed by atoms with van der Waals surface area (Å²) in [5.41, 5.74) is 3.77. The molecule has 0 aliphatic rings. The van der Waals surface area contributed by atoms with Crippen LogP contribution in [0.1, 0.15) is 5.56 Å². The fourth-order valence-electron chi connectivity index (χ4n) is 2.60. The number of rotatable bonds is 8. The van der Waals surface area contributed by atoms with E-state index in [0.717, 1.165) is 27.4 Å². The second-order valence-electron chi connectivity index (χ2n) is 6.27. The Balaban J connectivity index is 1.84. The van der Waals surface area contributed by atoms with E-state index in [4.69, 9.17) is 4.74 Å². The van der Waals surface area contributed by atoms with Gasteiger partial charge < -0.3 is 15.0 Å². The topological polar surface area (TPSA) is 67.0 Å². The zero-order chi connectivity index (χ0) is 19.9. The SMILES string of the molecule is COCCNC(=O)CSc1nc(-c2ccc(F)cc2)[nH]c1-c1ccc(C)cc1. The third-order valence-electron chi connectivity index (χ3n) is 4.10. The predicted octanol–water partition coefficient (Wildman–Crippen LogP) is 4.05. The molecule has 5 nitrogen and oxygen atoms in total. The van der Waals surface area contributed by atoms with Gasteiger partial charge in [0.1, 0.15) is 16.7 Å². The molecule has 0 spiro atoms. The second kappa shape index (κ2) is 9.52. The highest BCUT2D eigenvalue weighted by Crippen LogP contribution is 2.32. The quantitative estimate of drug-likeness (QED) is 0.443. The van der Waals surface area contributed by atoms with Gasteiger partial charge in [-0.05, 0) is 31.2 Å². The van der Waals surface area contributed by atoms with Crippen molar-refractivity contribution in [3.8, 4) is 22.6 Å². The number of carbonyl (C=O) groups excluding carboxylic acids is 1. The van der Waals surface area contributed by atoms with E-state index in [9.17, 15) is 9.18 Å². The van der Waals surface area contributed by atoms with Crippen LogP contribution in [-0.2, 0) is 9.53 Å². The number of H-pyrrole nitrogens is 1. The summed E-state index contributed by atoms with van der Waals surface area (Å²) in [6, 6.07) is 14.2. The van der Waals surface area contributed by atoms with Gasteiger partial charge in [-0.25, -0.2) is 9.37 Å². The molecule has 0 saturated heterocycles. The average Bonchev–Trinajstić information content (AvgIpc) is 3.12. The predicted molar refractivity (Wildman–Crippen MR) is 110 cm³/mol. The molecular formula is C21H22FN3O2S. The number of halogens is 1. The van der Waals surface area contributed by atoms with Gasteiger partial charge in [-0.1, -0.05) is 41.6 Å². The number of aromatic nitrogens is 2. The zero-order valence-electron chi connectivity index (χ0n) is 15.8. The monoisotopic (exact) mass is 399 g/mol. The van der Waals surface area contributed by atoms with Crippen LogP contribution >= 0.6 is 11.8 Å². The standard InChI is InChI=1S/C21H22FN3O2S/c1-14-3-5-15(6-4-14)19-21(28-13-18(26)23-11-12-27-2)25-20(24-19)16-7-9-17(22)10-8-16/h3-10H,11-13H2,1-2H3,(H,23,26)(H,24,25). The maximum Gasteiger partial charge on any atom is 0.230 e. The number of benzene rings is 2. The van der Waals surface area contributed by atoms with Gasteiger partial charge in [-0.3, -0.25) is 4.79 Å². The minimum Gasteiger partial charge on any atom is -0.383 e. The minimum absolute atomic E-state index is 0.0803. The molecule has 28 heavy (non-hydrogen) atoms. The number of nitrogens with zero attached hydrogens (tertiary/aromatic N) is 1. The number of carbonyl (C=O) groups is 1. The van der Waals surface area contributed by atoms with Crippen LogP contribution in [0.5, 0.6) is 0 Å². The van der Waals surface area contributed by atoms with E-state index in [1.54, 1.807) is 19.2 Å². The lowest BCUT2D eigenvalue weighted by atomic mass is 10.1. The number of thioether (sulfide) groups is 1. The highest BCUT2D eigenvalue weighted by molar-refractivity contribution is 8.00. The zero-order valence-corrected chi connectivity index (χ0v) is 16.6. The normalized spacial score (nSPS) is 10.8. The summed E-state index contributed by atoms with van der Waals surface area (Å²) in [6.07, 6.45) is 0. The molecule has 0 bridgehead atoms. The van der Waals surface area contributed by atoms with Crippen molar-refractivity contribution in [1.29, 1.82) is 0 Å². The van der Waals surface area contributed by atoms with Gasteiger partial charge in [0.25, 0.3) is 0 Å². The van der Waals surface area contributed by atoms with Crippen molar-refractivity contribution < 1.29 is 13.9 Å². The van der Waals surface area contributed by atoms with Gasteiger partial charge in [0.15, 0.2) is 0 Å². The molecule has 1 amide bonds. The Kier molecular flexibility index (Phi) is 6.84. The fraction of sp³-hybridized carbons (Fsp3) is 0.238. The van der Waals surface area contributed by atoms with E-state index >= 15 is 0 Å². The summed E-state index contributed by atoms with van der Waals surface area (Å²) < 4.78 is 18.2. The van der Waals surface area contributed by atoms with E-state index in [2.05, 4.69) is 15.3 Å². The number of imidazole rings is 1. The van der Waals surface area contributed by atoms with Gasteiger partial charge in [0.05, 0.1) is 18.1 Å². The molecule has 7 heteroatoms. The number of aryl methyl sites for hydroxylation is 1. The molecule has 0 unspecified atom stereocenters. The third-order valence-corrected chi connectivity index (χ3v) is 5.07. The minimum atomic E-state index is -0.295. The van der Waals surface area contributed by atoms with E-state index in [0.29, 0.717) is 19.0 Å². The Morgan fingerprint density at radius 3 is 2.50 bits per heavy atom. The first-order valence-electron chi connectivity index (χ1n) is 8.88. The van der Waals surface area contributed by atoms with Crippen molar-refractivity contribution in [1.82, 2.24) is 15.3 Å². The molecule has 0 aliphatic carbocycles. The van der Waals surface area contributed by atoms with Crippen LogP contribution in [0, 0.1) is 12.7 Å². The summed E-state index contributed by atoms with van der Waals surface area (Å²) in [6.45, 7) is 2.98. The van der Waals surface area contributed by atoms with Gasteiger partial charge in [0, 0.05) is 24.8 Å². The van der Waals surface area contributed by atoms with Gasteiger partial charge in [-0.15, -0.1) is 0 Å². The smallest absolute Gasteiger partial charge is 0.230 e. The molecular weight excluding hydrogens is 377 g/mol. The Morgan fingerprint density at radius 2 is 1.82 bits per heavy atom. The number of hydrogen-bond acceptors (Lipinski definition) is 4. The largest absolute Gasteiger partial charge is 0.383 e. The molecule has 146 valence electrons. The molecule has 1 heterocycles. The molecule has 0 atom stereocenters. The first kappa shape index (κ1) is 20.1. The first-order valence-corrected chi connectivity index (χ1v) is 9.87. The van der Waals surface area contributed by atoms with Crippen LogP contribution in [0.25, 0.3) is 22.6 Å². The Morgan fingerprint density at radius 1 is 1.14 bits per heavy atom. The number of ether oxygens (including phenoxy) is 1. The van der Waals surface area contributed by atoms with Crippen molar-refractivity contribution in [2.75, 3.05) is 26.0 Å². The lowest BCUT2D eigenvalue weighted by Crippen LogP contribution is -2.28. The molecule has 3 aromatic rings. The van der Waals surface area contributed by atoms with E-state index in [1.807, 2.05) is 31.2 Å². The molecule has 1 aromatic heterocycles. The average molecular weight is 399 g/mol. The molecule has 2 N–H and O–H groups in total. The van der Waals surface area contributed by atoms with Gasteiger partial charge in [0.2, 0.25) is 5.91 Å². The van der Waals surface area contributed by atoms with Gasteiger partial charge >= 0.3 is 0 Å². The first-order chi connectivity index (χ1) is 13.6. The Labute approximate surface area is 167 Å². The maximum absolute atomic E-state index is 13.2. The van der Waals surface area contributed by atoms with Crippen LogP contribution in [-0.4, -0.2) is 41.9 Å². The van der Waals surface area contributed by atoms with Crippen LogP contribution in [0.2, 0.25) is 0 Å². The van der Waals surface area contributed by atoms with E-state index < -0.39 is 0 Å². The molecule has 0 fully saturated rings. The van der Waals surface area contributed by atoms with E-state index in [1.165, 1.54) is 23.9 Å². The summed E-state index contributed by atoms with van der Waals surface area (Å²) in [4.78, 5) is 20.0. The summed E-state index contributed by atoms with van der Waals surface area (Å²) >= 11 is 1.36. The summed E-state index contributed by atoms with van der Waals surface area (Å²) in [5.74, 6) is 0.508. The van der Waals surface area contributed by atoms with Crippen LogP contribution in [0.3, 0.4) is 0 Å². The fourth-order valence-corrected chi connectivity index (χ4v) is 3.44. The highest BCUT2D eigenvalue weighted by Gasteiger charge is 2.15. The number of methoxy groups -OCH3 is 1. The summed E-state index contributed by atoms with van der Waals surface area (Å²) in [5, 5.41) is 3.53.